The Bertz CT molecular complexity index is 1250. The number of halogens is 5. The highest BCUT2D eigenvalue weighted by atomic mass is 19.3. The zero-order valence-electron chi connectivity index (χ0n) is 19.6. The third kappa shape index (κ3) is 5.09. The van der Waals surface area contributed by atoms with Crippen LogP contribution in [0.3, 0.4) is 0 Å². The minimum absolute atomic E-state index is 0.00181. The Morgan fingerprint density at radius 2 is 1.75 bits per heavy atom. The first-order valence-electron chi connectivity index (χ1n) is 11.5. The standard InChI is InChI=1S/C26H25F5N4O/c1-12-7-14(10-20(32)13(12)2)16-5-6-33-11-22(16)35-26(36)21-4-3-17(27)24(34-21)23-18(28)8-15(25(30)31)9-19(23)29/h3-6,8-9,11-14,20,25H,7,10,32H2,1-2H3,(H,35,36)/t12-,13?,14+,20+/m0/s1. The molecule has 190 valence electrons. The number of nitrogens with two attached hydrogens (primary N) is 1. The second-order valence-electron chi connectivity index (χ2n) is 9.27. The third-order valence-corrected chi connectivity index (χ3v) is 6.96. The van der Waals surface area contributed by atoms with Gasteiger partial charge in [0.25, 0.3) is 12.3 Å². The number of hydrogen-bond donors (Lipinski definition) is 2. The van der Waals surface area contributed by atoms with Crippen molar-refractivity contribution in [2.45, 2.75) is 45.1 Å². The topological polar surface area (TPSA) is 80.9 Å². The zero-order valence-corrected chi connectivity index (χ0v) is 19.6. The molecule has 3 aromatic rings. The lowest BCUT2D eigenvalue weighted by Crippen LogP contribution is -2.39. The van der Waals surface area contributed by atoms with Crippen LogP contribution in [0.15, 0.2) is 42.7 Å². The van der Waals surface area contributed by atoms with E-state index in [0.29, 0.717) is 29.7 Å². The first-order chi connectivity index (χ1) is 17.1. The minimum Gasteiger partial charge on any atom is -0.327 e. The molecule has 1 aromatic carbocycles. The summed E-state index contributed by atoms with van der Waals surface area (Å²) in [5.41, 5.74) is 4.64. The number of carbonyl (C=O) groups is 1. The number of pyridine rings is 2. The summed E-state index contributed by atoms with van der Waals surface area (Å²) >= 11 is 0. The number of nitrogens with one attached hydrogen (secondary N) is 1. The molecule has 0 bridgehead atoms. The molecule has 2 heterocycles. The molecule has 0 radical (unpaired) electrons. The largest absolute Gasteiger partial charge is 0.327 e. The molecular formula is C26H25F5N4O. The van der Waals surface area contributed by atoms with Gasteiger partial charge in [-0.25, -0.2) is 26.9 Å². The van der Waals surface area contributed by atoms with Gasteiger partial charge in [-0.2, -0.15) is 0 Å². The van der Waals surface area contributed by atoms with Gasteiger partial charge in [-0.1, -0.05) is 13.8 Å². The van der Waals surface area contributed by atoms with Gasteiger partial charge in [0.05, 0.1) is 17.4 Å². The number of rotatable bonds is 5. The quantitative estimate of drug-likeness (QED) is 0.404. The van der Waals surface area contributed by atoms with E-state index in [1.165, 1.54) is 6.20 Å². The van der Waals surface area contributed by atoms with Crippen molar-refractivity contribution in [3.63, 3.8) is 0 Å². The summed E-state index contributed by atoms with van der Waals surface area (Å²) in [6.45, 7) is 4.25. The van der Waals surface area contributed by atoms with Gasteiger partial charge in [-0.05, 0) is 66.5 Å². The lowest BCUT2D eigenvalue weighted by molar-refractivity contribution is 0.102. The van der Waals surface area contributed by atoms with E-state index < -0.39 is 46.6 Å². The first-order valence-corrected chi connectivity index (χ1v) is 11.5. The van der Waals surface area contributed by atoms with Crippen LogP contribution in [0.4, 0.5) is 27.6 Å². The van der Waals surface area contributed by atoms with Crippen LogP contribution in [0.1, 0.15) is 60.6 Å². The van der Waals surface area contributed by atoms with Crippen molar-refractivity contribution < 1.29 is 26.7 Å². The predicted octanol–water partition coefficient (Wildman–Crippen LogP) is 6.23. The molecule has 3 N–H and O–H groups in total. The zero-order chi connectivity index (χ0) is 26.1. The highest BCUT2D eigenvalue weighted by Gasteiger charge is 2.32. The molecule has 0 aliphatic heterocycles. The van der Waals surface area contributed by atoms with Gasteiger partial charge in [0.1, 0.15) is 28.8 Å². The molecule has 36 heavy (non-hydrogen) atoms. The summed E-state index contributed by atoms with van der Waals surface area (Å²) in [4.78, 5) is 20.9. The van der Waals surface area contributed by atoms with Crippen LogP contribution in [-0.2, 0) is 0 Å². The second-order valence-corrected chi connectivity index (χ2v) is 9.27. The molecule has 1 saturated carbocycles. The lowest BCUT2D eigenvalue weighted by Gasteiger charge is -2.37. The fraction of sp³-hybridized carbons (Fsp3) is 0.346. The summed E-state index contributed by atoms with van der Waals surface area (Å²) in [5.74, 6) is -3.89. The van der Waals surface area contributed by atoms with Gasteiger partial charge < -0.3 is 11.1 Å². The number of aromatic nitrogens is 2. The Balaban J connectivity index is 1.64. The molecule has 2 aromatic heterocycles. The van der Waals surface area contributed by atoms with Crippen molar-refractivity contribution in [2.24, 2.45) is 17.6 Å². The van der Waals surface area contributed by atoms with Crippen molar-refractivity contribution in [1.82, 2.24) is 9.97 Å². The van der Waals surface area contributed by atoms with Crippen molar-refractivity contribution in [1.29, 1.82) is 0 Å². The van der Waals surface area contributed by atoms with Crippen LogP contribution in [0, 0.1) is 29.3 Å². The summed E-state index contributed by atoms with van der Waals surface area (Å²) < 4.78 is 69.1. The van der Waals surface area contributed by atoms with Crippen molar-refractivity contribution in [3.05, 3.63) is 77.0 Å². The van der Waals surface area contributed by atoms with Crippen molar-refractivity contribution in [2.75, 3.05) is 5.32 Å². The number of amides is 1. The SMILES string of the molecule is CC1[C@H](N)C[C@H](c2ccncc2NC(=O)c2ccc(F)c(-c3c(F)cc(C(F)F)cc3F)n2)C[C@@H]1C. The van der Waals surface area contributed by atoms with Gasteiger partial charge in [-0.15, -0.1) is 0 Å². The molecule has 0 saturated heterocycles. The summed E-state index contributed by atoms with van der Waals surface area (Å²) in [6, 6.07) is 4.52. The van der Waals surface area contributed by atoms with E-state index >= 15 is 0 Å². The molecule has 1 unspecified atom stereocenters. The number of benzene rings is 1. The van der Waals surface area contributed by atoms with E-state index in [1.807, 2.05) is 0 Å². The van der Waals surface area contributed by atoms with Crippen LogP contribution in [0.5, 0.6) is 0 Å². The molecule has 1 aliphatic carbocycles. The van der Waals surface area contributed by atoms with Crippen LogP contribution in [0.25, 0.3) is 11.3 Å². The Kier molecular flexibility index (Phi) is 7.35. The summed E-state index contributed by atoms with van der Waals surface area (Å²) in [5, 5.41) is 2.70. The maximum Gasteiger partial charge on any atom is 0.274 e. The van der Waals surface area contributed by atoms with E-state index in [0.717, 1.165) is 30.5 Å². The van der Waals surface area contributed by atoms with E-state index in [1.54, 1.807) is 12.3 Å². The van der Waals surface area contributed by atoms with E-state index in [4.69, 9.17) is 5.73 Å². The van der Waals surface area contributed by atoms with Crippen molar-refractivity contribution >= 4 is 11.6 Å². The van der Waals surface area contributed by atoms with Gasteiger partial charge >= 0.3 is 0 Å². The molecule has 0 spiro atoms. The maximum absolute atomic E-state index is 14.5. The molecule has 4 rings (SSSR count). The molecule has 4 atom stereocenters. The molecule has 1 fully saturated rings. The Labute approximate surface area is 205 Å². The molecule has 10 heteroatoms. The minimum atomic E-state index is -3.11. The summed E-state index contributed by atoms with van der Waals surface area (Å²) in [7, 11) is 0. The number of anilines is 1. The van der Waals surface area contributed by atoms with Crippen LogP contribution in [0.2, 0.25) is 0 Å². The average molecular weight is 505 g/mol. The summed E-state index contributed by atoms with van der Waals surface area (Å²) in [6.07, 6.45) is 1.57. The third-order valence-electron chi connectivity index (χ3n) is 6.96. The smallest absolute Gasteiger partial charge is 0.274 e. The molecule has 1 aliphatic rings. The number of hydrogen-bond acceptors (Lipinski definition) is 4. The van der Waals surface area contributed by atoms with Crippen LogP contribution >= 0.6 is 0 Å². The number of nitrogens with zero attached hydrogens (tertiary/aromatic N) is 2. The van der Waals surface area contributed by atoms with E-state index in [2.05, 4.69) is 29.1 Å². The van der Waals surface area contributed by atoms with Crippen LogP contribution in [-0.4, -0.2) is 21.9 Å². The fourth-order valence-corrected chi connectivity index (χ4v) is 4.72. The Hall–Kier alpha value is -3.40. The Morgan fingerprint density at radius 1 is 1.06 bits per heavy atom. The van der Waals surface area contributed by atoms with Gasteiger partial charge in [0, 0.05) is 17.8 Å². The Morgan fingerprint density at radius 3 is 2.39 bits per heavy atom. The van der Waals surface area contributed by atoms with Gasteiger partial charge in [0.15, 0.2) is 0 Å². The second kappa shape index (κ2) is 10.3. The lowest BCUT2D eigenvalue weighted by atomic mass is 9.71. The van der Waals surface area contributed by atoms with E-state index in [-0.39, 0.29) is 17.7 Å². The van der Waals surface area contributed by atoms with Crippen LogP contribution < -0.4 is 11.1 Å². The first kappa shape index (κ1) is 25.7. The highest BCUT2D eigenvalue weighted by molar-refractivity contribution is 6.03. The normalized spacial score (nSPS) is 22.0. The highest BCUT2D eigenvalue weighted by Crippen LogP contribution is 2.41. The molecular weight excluding hydrogens is 479 g/mol. The van der Waals surface area contributed by atoms with Gasteiger partial charge in [0.2, 0.25) is 0 Å². The number of carbonyl (C=O) groups excluding carboxylic acids is 1. The fourth-order valence-electron chi connectivity index (χ4n) is 4.72. The predicted molar refractivity (Wildman–Crippen MR) is 125 cm³/mol. The van der Waals surface area contributed by atoms with E-state index in [9.17, 15) is 26.7 Å². The maximum atomic E-state index is 14.5. The van der Waals surface area contributed by atoms with Gasteiger partial charge in [-0.3, -0.25) is 9.78 Å². The molecule has 1 amide bonds. The monoisotopic (exact) mass is 504 g/mol. The molecule has 5 nitrogen and oxygen atoms in total. The number of alkyl halides is 2. The van der Waals surface area contributed by atoms with Crippen molar-refractivity contribution in [3.8, 4) is 11.3 Å². The average Bonchev–Trinajstić information content (AvgIpc) is 2.83.